The quantitative estimate of drug-likeness (QED) is 0.176. The van der Waals surface area contributed by atoms with Crippen molar-refractivity contribution >= 4 is 5.97 Å². The third kappa shape index (κ3) is 5.94. The molecule has 222 valence electrons. The van der Waals surface area contributed by atoms with Crippen molar-refractivity contribution in [3.8, 4) is 22.5 Å². The molecule has 2 aromatic heterocycles. The van der Waals surface area contributed by atoms with Gasteiger partial charge in [0, 0.05) is 42.4 Å². The summed E-state index contributed by atoms with van der Waals surface area (Å²) in [5.74, 6) is 0.255. The lowest BCUT2D eigenvalue weighted by Crippen LogP contribution is -2.41. The van der Waals surface area contributed by atoms with Gasteiger partial charge in [0.05, 0.1) is 0 Å². The number of carbonyl (C=O) groups excluding carboxylic acids is 1. The van der Waals surface area contributed by atoms with Crippen molar-refractivity contribution in [1.29, 1.82) is 0 Å². The summed E-state index contributed by atoms with van der Waals surface area (Å²) in [7, 11) is 0. The molecule has 2 unspecified atom stereocenters. The Bertz CT molecular complexity index is 1540. The lowest BCUT2D eigenvalue weighted by molar-refractivity contribution is -0.194. The fourth-order valence-corrected chi connectivity index (χ4v) is 6.01. The highest BCUT2D eigenvalue weighted by Crippen LogP contribution is 2.33. The molecule has 2 atom stereocenters. The van der Waals surface area contributed by atoms with Gasteiger partial charge in [-0.1, -0.05) is 68.3 Å². The van der Waals surface area contributed by atoms with Crippen LogP contribution < -0.4 is 5.56 Å². The molecule has 4 aromatic rings. The molecule has 3 heterocycles. The maximum atomic E-state index is 14.1. The number of fused-ring (bicyclic) bond motifs is 1. The molecular weight excluding hydrogens is 530 g/mol. The number of unbranched alkanes of at least 4 members (excludes halogenated alkanes) is 2. The molecular formula is C32H41N7O3. The second kappa shape index (κ2) is 13.3. The fourth-order valence-electron chi connectivity index (χ4n) is 6.01. The zero-order valence-corrected chi connectivity index (χ0v) is 25.0. The Morgan fingerprint density at radius 3 is 2.40 bits per heavy atom. The van der Waals surface area contributed by atoms with E-state index >= 15 is 0 Å². The molecule has 1 aliphatic rings. The minimum absolute atomic E-state index is 0.0817. The SMILES string of the molecule is CCCCCc1c(Cc2ccc(-c3ccccc3-c3nnn[nH]3)cc2)c(=O)n2n1C(C)CCC2C(=O)ON(CC)CC. The molecule has 1 N–H and O–H groups in total. The number of aromatic nitrogens is 6. The van der Waals surface area contributed by atoms with E-state index in [2.05, 4.69) is 63.4 Å². The Balaban J connectivity index is 1.49. The van der Waals surface area contributed by atoms with E-state index < -0.39 is 6.04 Å². The van der Waals surface area contributed by atoms with Gasteiger partial charge < -0.3 is 4.84 Å². The molecule has 10 heteroatoms. The van der Waals surface area contributed by atoms with Gasteiger partial charge >= 0.3 is 5.97 Å². The minimum Gasteiger partial charge on any atom is -0.366 e. The Morgan fingerprint density at radius 1 is 1.00 bits per heavy atom. The smallest absolute Gasteiger partial charge is 0.349 e. The third-order valence-corrected chi connectivity index (χ3v) is 8.28. The second-order valence-corrected chi connectivity index (χ2v) is 11.0. The van der Waals surface area contributed by atoms with Crippen LogP contribution in [-0.2, 0) is 22.5 Å². The summed E-state index contributed by atoms with van der Waals surface area (Å²) in [5, 5.41) is 16.0. The molecule has 0 radical (unpaired) electrons. The van der Waals surface area contributed by atoms with Crippen LogP contribution in [0, 0.1) is 0 Å². The standard InChI is InChI=1S/C32H41N7O3/c1-5-8-9-14-28-27(31(40)39-29(20-15-22(4)38(28)39)32(41)42-37(6-2)7-3)21-23-16-18-24(19-17-23)25-12-10-11-13-26(25)30-33-35-36-34-30/h10-13,16-19,22,29H,5-9,14-15,20-21H2,1-4H3,(H,33,34,35,36). The van der Waals surface area contributed by atoms with Gasteiger partial charge in [-0.3, -0.25) is 9.48 Å². The molecule has 0 bridgehead atoms. The van der Waals surface area contributed by atoms with Crippen molar-refractivity contribution in [2.24, 2.45) is 0 Å². The average Bonchev–Trinajstić information content (AvgIpc) is 3.65. The normalized spacial score (nSPS) is 16.5. The molecule has 5 rings (SSSR count). The first-order valence-electron chi connectivity index (χ1n) is 15.2. The number of nitrogens with one attached hydrogen (secondary N) is 1. The molecule has 0 saturated carbocycles. The van der Waals surface area contributed by atoms with Crippen LogP contribution in [0.2, 0.25) is 0 Å². The predicted molar refractivity (Wildman–Crippen MR) is 162 cm³/mol. The fraction of sp³-hybridized carbons (Fsp3) is 0.469. The molecule has 0 fully saturated rings. The van der Waals surface area contributed by atoms with Crippen molar-refractivity contribution in [3.63, 3.8) is 0 Å². The molecule has 1 aliphatic heterocycles. The van der Waals surface area contributed by atoms with Gasteiger partial charge in [0.15, 0.2) is 11.9 Å². The number of H-pyrrole nitrogens is 1. The van der Waals surface area contributed by atoms with Gasteiger partial charge in [-0.05, 0) is 73.6 Å². The van der Waals surface area contributed by atoms with Gasteiger partial charge in [-0.2, -0.15) is 0 Å². The summed E-state index contributed by atoms with van der Waals surface area (Å²) in [5.41, 5.74) is 5.77. The summed E-state index contributed by atoms with van der Waals surface area (Å²) in [6, 6.07) is 15.8. The molecule has 2 aromatic carbocycles. The number of hydroxylamine groups is 2. The van der Waals surface area contributed by atoms with Crippen LogP contribution in [0.1, 0.15) is 88.7 Å². The van der Waals surface area contributed by atoms with Crippen molar-refractivity contribution in [2.45, 2.75) is 84.7 Å². The largest absolute Gasteiger partial charge is 0.366 e. The number of nitrogens with zero attached hydrogens (tertiary/aromatic N) is 6. The average molecular weight is 572 g/mol. The Morgan fingerprint density at radius 2 is 1.74 bits per heavy atom. The number of aromatic amines is 1. The first-order chi connectivity index (χ1) is 20.5. The van der Waals surface area contributed by atoms with Crippen molar-refractivity contribution < 1.29 is 9.63 Å². The number of tetrazole rings is 1. The number of hydrogen-bond donors (Lipinski definition) is 1. The Hall–Kier alpha value is -4.05. The van der Waals surface area contributed by atoms with Crippen molar-refractivity contribution in [3.05, 3.63) is 75.7 Å². The summed E-state index contributed by atoms with van der Waals surface area (Å²) in [6.45, 7) is 9.44. The predicted octanol–water partition coefficient (Wildman–Crippen LogP) is 5.52. The lowest BCUT2D eigenvalue weighted by Gasteiger charge is -2.32. The number of carbonyl (C=O) groups is 1. The second-order valence-electron chi connectivity index (χ2n) is 11.0. The highest BCUT2D eigenvalue weighted by Gasteiger charge is 2.36. The van der Waals surface area contributed by atoms with E-state index in [4.69, 9.17) is 4.84 Å². The molecule has 10 nitrogen and oxygen atoms in total. The van der Waals surface area contributed by atoms with E-state index in [1.165, 1.54) is 0 Å². The molecule has 0 spiro atoms. The zero-order chi connectivity index (χ0) is 29.6. The summed E-state index contributed by atoms with van der Waals surface area (Å²) in [4.78, 5) is 33.1. The van der Waals surface area contributed by atoms with E-state index in [-0.39, 0.29) is 17.6 Å². The van der Waals surface area contributed by atoms with Gasteiger partial charge in [0.2, 0.25) is 0 Å². The van der Waals surface area contributed by atoms with E-state index in [1.54, 1.807) is 9.75 Å². The zero-order valence-electron chi connectivity index (χ0n) is 25.0. The maximum absolute atomic E-state index is 14.1. The molecule has 42 heavy (non-hydrogen) atoms. The highest BCUT2D eigenvalue weighted by molar-refractivity contribution is 5.80. The van der Waals surface area contributed by atoms with E-state index in [1.807, 2.05) is 38.1 Å². The van der Waals surface area contributed by atoms with Crippen molar-refractivity contribution in [2.75, 3.05) is 13.1 Å². The van der Waals surface area contributed by atoms with E-state index in [0.717, 1.165) is 65.6 Å². The minimum atomic E-state index is -0.627. The first-order valence-corrected chi connectivity index (χ1v) is 15.2. The van der Waals surface area contributed by atoms with Gasteiger partial charge in [-0.15, -0.1) is 10.2 Å². The summed E-state index contributed by atoms with van der Waals surface area (Å²) in [6.07, 6.45) is 5.92. The van der Waals surface area contributed by atoms with Gasteiger partial charge in [-0.25, -0.2) is 14.6 Å². The topological polar surface area (TPSA) is 111 Å². The molecule has 0 amide bonds. The highest BCUT2D eigenvalue weighted by atomic mass is 16.7. The number of benzene rings is 2. The van der Waals surface area contributed by atoms with Crippen molar-refractivity contribution in [1.82, 2.24) is 35.1 Å². The lowest BCUT2D eigenvalue weighted by atomic mass is 9.96. The monoisotopic (exact) mass is 571 g/mol. The van der Waals surface area contributed by atoms with Crippen LogP contribution in [0.4, 0.5) is 0 Å². The Labute approximate surface area is 246 Å². The van der Waals surface area contributed by atoms with Crippen LogP contribution in [-0.4, -0.2) is 54.1 Å². The van der Waals surface area contributed by atoms with Crippen LogP contribution in [0.3, 0.4) is 0 Å². The number of rotatable bonds is 12. The van der Waals surface area contributed by atoms with Crippen LogP contribution >= 0.6 is 0 Å². The first kappa shape index (κ1) is 29.4. The summed E-state index contributed by atoms with van der Waals surface area (Å²) >= 11 is 0. The molecule has 0 aliphatic carbocycles. The number of hydrogen-bond acceptors (Lipinski definition) is 7. The van der Waals surface area contributed by atoms with E-state index in [0.29, 0.717) is 31.8 Å². The Kier molecular flexibility index (Phi) is 9.31. The van der Waals surface area contributed by atoms with Crippen LogP contribution in [0.15, 0.2) is 53.3 Å². The van der Waals surface area contributed by atoms with E-state index in [9.17, 15) is 9.59 Å². The molecule has 0 saturated heterocycles. The summed E-state index contributed by atoms with van der Waals surface area (Å²) < 4.78 is 3.81. The van der Waals surface area contributed by atoms with Gasteiger partial charge in [0.25, 0.3) is 5.56 Å². The maximum Gasteiger partial charge on any atom is 0.349 e. The third-order valence-electron chi connectivity index (χ3n) is 8.28. The van der Waals surface area contributed by atoms with Crippen LogP contribution in [0.5, 0.6) is 0 Å². The van der Waals surface area contributed by atoms with Crippen LogP contribution in [0.25, 0.3) is 22.5 Å². The van der Waals surface area contributed by atoms with Gasteiger partial charge in [0.1, 0.15) is 0 Å².